The molecule has 5 N–H and O–H groups in total. The van der Waals surface area contributed by atoms with Crippen molar-refractivity contribution < 1.29 is 9.59 Å². The fourth-order valence-electron chi connectivity index (χ4n) is 1.92. The molecular weight excluding hydrogens is 354 g/mol. The number of benzene rings is 1. The summed E-state index contributed by atoms with van der Waals surface area (Å²) >= 11 is 7.19. The number of hydrogen-bond donors (Lipinski definition) is 4. The fourth-order valence-corrected chi connectivity index (χ4v) is 2.50. The first kappa shape index (κ1) is 17.8. The molecule has 0 saturated carbocycles. The number of primary amides is 1. The molecule has 2 aromatic rings. The Kier molecular flexibility index (Phi) is 5.47. The zero-order valence-corrected chi connectivity index (χ0v) is 14.3. The van der Waals surface area contributed by atoms with Crippen molar-refractivity contribution in [3.05, 3.63) is 44.7 Å². The largest absolute Gasteiger partial charge is 0.365 e. The molecule has 24 heavy (non-hydrogen) atoms. The molecule has 0 aliphatic rings. The van der Waals surface area contributed by atoms with Gasteiger partial charge in [-0.15, -0.1) is 0 Å². The van der Waals surface area contributed by atoms with Gasteiger partial charge in [0.15, 0.2) is 11.0 Å². The Morgan fingerprint density at radius 3 is 2.67 bits per heavy atom. The minimum Gasteiger partial charge on any atom is -0.365 e. The number of carbonyl (C=O) groups excluding carboxylic acids is 2. The maximum absolute atomic E-state index is 12.0. The van der Waals surface area contributed by atoms with Crippen LogP contribution in [0.1, 0.15) is 20.7 Å². The number of rotatable bonds is 5. The molecule has 8 nitrogen and oxygen atoms in total. The number of amides is 2. The molecule has 10 heteroatoms. The van der Waals surface area contributed by atoms with Crippen LogP contribution in [0.2, 0.25) is 5.02 Å². The van der Waals surface area contributed by atoms with Gasteiger partial charge in [0.1, 0.15) is 5.56 Å². The van der Waals surface area contributed by atoms with E-state index in [1.807, 2.05) is 0 Å². The molecule has 0 radical (unpaired) electrons. The SMILES string of the molecule is CNC(=O)c1cc(Nc2nc(SC)[nH]c(=O)c2C(N)=O)ccc1Cl. The van der Waals surface area contributed by atoms with Crippen LogP contribution in [0.25, 0.3) is 0 Å². The van der Waals surface area contributed by atoms with E-state index in [4.69, 9.17) is 17.3 Å². The second-order valence-electron chi connectivity index (χ2n) is 4.56. The maximum Gasteiger partial charge on any atom is 0.266 e. The maximum atomic E-state index is 12.0. The van der Waals surface area contributed by atoms with Gasteiger partial charge in [-0.2, -0.15) is 0 Å². The van der Waals surface area contributed by atoms with E-state index in [0.717, 1.165) is 0 Å². The molecule has 2 rings (SSSR count). The van der Waals surface area contributed by atoms with Gasteiger partial charge in [0, 0.05) is 12.7 Å². The van der Waals surface area contributed by atoms with Gasteiger partial charge in [-0.1, -0.05) is 23.4 Å². The Morgan fingerprint density at radius 1 is 1.38 bits per heavy atom. The van der Waals surface area contributed by atoms with Crippen LogP contribution in [0.4, 0.5) is 11.5 Å². The van der Waals surface area contributed by atoms with Crippen LogP contribution in [0.3, 0.4) is 0 Å². The molecule has 0 spiro atoms. The van der Waals surface area contributed by atoms with Crippen LogP contribution >= 0.6 is 23.4 Å². The topological polar surface area (TPSA) is 130 Å². The third-order valence-electron chi connectivity index (χ3n) is 3.04. The first-order valence-corrected chi connectivity index (χ1v) is 8.24. The van der Waals surface area contributed by atoms with Crippen molar-refractivity contribution >= 4 is 46.7 Å². The van der Waals surface area contributed by atoms with Gasteiger partial charge in [-0.25, -0.2) is 4.98 Å². The summed E-state index contributed by atoms with van der Waals surface area (Å²) in [6.45, 7) is 0. The molecule has 2 amide bonds. The van der Waals surface area contributed by atoms with E-state index in [-0.39, 0.29) is 27.9 Å². The van der Waals surface area contributed by atoms with Crippen molar-refractivity contribution in [3.63, 3.8) is 0 Å². The Balaban J connectivity index is 2.51. The third kappa shape index (κ3) is 3.69. The summed E-state index contributed by atoms with van der Waals surface area (Å²) in [6.07, 6.45) is 1.72. The number of carbonyl (C=O) groups is 2. The van der Waals surface area contributed by atoms with Gasteiger partial charge < -0.3 is 21.4 Å². The molecule has 1 aromatic carbocycles. The third-order valence-corrected chi connectivity index (χ3v) is 3.95. The van der Waals surface area contributed by atoms with Gasteiger partial charge >= 0.3 is 0 Å². The first-order chi connectivity index (χ1) is 11.4. The van der Waals surface area contributed by atoms with Crippen molar-refractivity contribution in [3.8, 4) is 0 Å². The Hall–Kier alpha value is -2.52. The van der Waals surface area contributed by atoms with Gasteiger partial charge in [-0.3, -0.25) is 14.4 Å². The average molecular weight is 368 g/mol. The van der Waals surface area contributed by atoms with Crippen LogP contribution in [0.5, 0.6) is 0 Å². The van der Waals surface area contributed by atoms with Crippen molar-refractivity contribution in [2.45, 2.75) is 5.16 Å². The number of aromatic amines is 1. The monoisotopic (exact) mass is 367 g/mol. The molecule has 126 valence electrons. The number of nitrogens with zero attached hydrogens (tertiary/aromatic N) is 1. The van der Waals surface area contributed by atoms with Gasteiger partial charge in [-0.05, 0) is 24.5 Å². The minimum atomic E-state index is -0.917. The highest BCUT2D eigenvalue weighted by Gasteiger charge is 2.17. The molecule has 1 aromatic heterocycles. The number of hydrogen-bond acceptors (Lipinski definition) is 6. The number of nitrogens with two attached hydrogens (primary N) is 1. The van der Waals surface area contributed by atoms with Crippen LogP contribution in [-0.4, -0.2) is 35.1 Å². The lowest BCUT2D eigenvalue weighted by atomic mass is 10.1. The highest BCUT2D eigenvalue weighted by Crippen LogP contribution is 2.24. The number of anilines is 2. The number of H-pyrrole nitrogens is 1. The molecule has 0 aliphatic heterocycles. The van der Waals surface area contributed by atoms with Crippen LogP contribution in [-0.2, 0) is 0 Å². The molecule has 0 aliphatic carbocycles. The zero-order valence-electron chi connectivity index (χ0n) is 12.8. The number of aromatic nitrogens is 2. The lowest BCUT2D eigenvalue weighted by Crippen LogP contribution is -2.26. The van der Waals surface area contributed by atoms with Gasteiger partial charge in [0.25, 0.3) is 17.4 Å². The predicted molar refractivity (Wildman–Crippen MR) is 93.3 cm³/mol. The fraction of sp³-hybridized carbons (Fsp3) is 0.143. The number of thioether (sulfide) groups is 1. The summed E-state index contributed by atoms with van der Waals surface area (Å²) in [5, 5.41) is 5.88. The van der Waals surface area contributed by atoms with Crippen molar-refractivity contribution in [2.24, 2.45) is 5.73 Å². The van der Waals surface area contributed by atoms with Crippen molar-refractivity contribution in [2.75, 3.05) is 18.6 Å². The first-order valence-electron chi connectivity index (χ1n) is 6.64. The molecule has 0 unspecified atom stereocenters. The molecular formula is C14H14ClN5O3S. The summed E-state index contributed by atoms with van der Waals surface area (Å²) < 4.78 is 0. The summed E-state index contributed by atoms with van der Waals surface area (Å²) in [5.41, 5.74) is 4.96. The quantitative estimate of drug-likeness (QED) is 0.466. The van der Waals surface area contributed by atoms with E-state index in [2.05, 4.69) is 20.6 Å². The Morgan fingerprint density at radius 2 is 2.08 bits per heavy atom. The predicted octanol–water partition coefficient (Wildman–Crippen LogP) is 1.35. The molecule has 0 atom stereocenters. The van der Waals surface area contributed by atoms with Crippen molar-refractivity contribution in [1.29, 1.82) is 0 Å². The van der Waals surface area contributed by atoms with Gasteiger partial charge in [0.05, 0.1) is 10.6 Å². The summed E-state index contributed by atoms with van der Waals surface area (Å²) in [5.74, 6) is -1.29. The normalized spacial score (nSPS) is 10.3. The van der Waals surface area contributed by atoms with Crippen LogP contribution in [0, 0.1) is 0 Å². The smallest absolute Gasteiger partial charge is 0.266 e. The van der Waals surface area contributed by atoms with E-state index < -0.39 is 11.5 Å². The van der Waals surface area contributed by atoms with E-state index >= 15 is 0 Å². The molecule has 1 heterocycles. The van der Waals surface area contributed by atoms with E-state index in [1.165, 1.54) is 30.9 Å². The highest BCUT2D eigenvalue weighted by atomic mass is 35.5. The second-order valence-corrected chi connectivity index (χ2v) is 5.76. The standard InChI is InChI=1S/C14H14ClN5O3S/c1-17-12(22)7-5-6(3-4-8(7)15)18-11-9(10(16)21)13(23)20-14(19-11)24-2/h3-5H,1-2H3,(H2,16,21)(H,17,22)(H2,18,19,20,23). The van der Waals surface area contributed by atoms with Crippen LogP contribution < -0.4 is 21.9 Å². The van der Waals surface area contributed by atoms with E-state index in [9.17, 15) is 14.4 Å². The average Bonchev–Trinajstić information content (AvgIpc) is 2.54. The summed E-state index contributed by atoms with van der Waals surface area (Å²) in [4.78, 5) is 41.9. The van der Waals surface area contributed by atoms with E-state index in [1.54, 1.807) is 12.3 Å². The Bertz CT molecular complexity index is 868. The lowest BCUT2D eigenvalue weighted by Gasteiger charge is -2.11. The molecule has 0 saturated heterocycles. The second kappa shape index (κ2) is 7.37. The molecule has 0 bridgehead atoms. The minimum absolute atomic E-state index is 0.000721. The van der Waals surface area contributed by atoms with Crippen molar-refractivity contribution in [1.82, 2.24) is 15.3 Å². The summed E-state index contributed by atoms with van der Waals surface area (Å²) in [7, 11) is 1.48. The number of nitrogens with one attached hydrogen (secondary N) is 3. The lowest BCUT2D eigenvalue weighted by molar-refractivity contribution is 0.0961. The zero-order chi connectivity index (χ0) is 17.9. The Labute approximate surface area is 146 Å². The highest BCUT2D eigenvalue weighted by molar-refractivity contribution is 7.98. The molecule has 0 fully saturated rings. The van der Waals surface area contributed by atoms with Gasteiger partial charge in [0.2, 0.25) is 0 Å². The van der Waals surface area contributed by atoms with E-state index in [0.29, 0.717) is 10.8 Å². The summed E-state index contributed by atoms with van der Waals surface area (Å²) in [6, 6.07) is 4.58. The van der Waals surface area contributed by atoms with Crippen LogP contribution in [0.15, 0.2) is 28.2 Å². The number of halogens is 1.